The van der Waals surface area contributed by atoms with Gasteiger partial charge in [-0.25, -0.2) is 0 Å². The minimum Gasteiger partial charge on any atom is -0.326 e. The number of nitrogens with two attached hydrogens (primary N) is 1. The predicted octanol–water partition coefficient (Wildman–Crippen LogP) is 2.38. The van der Waals surface area contributed by atoms with Crippen LogP contribution in [0.2, 0.25) is 0 Å². The van der Waals surface area contributed by atoms with E-state index in [0.717, 1.165) is 6.54 Å². The molecule has 0 aliphatic heterocycles. The summed E-state index contributed by atoms with van der Waals surface area (Å²) in [6.45, 7) is 6.12. The zero-order valence-corrected chi connectivity index (χ0v) is 10.0. The number of benzene rings is 1. The van der Waals surface area contributed by atoms with Crippen LogP contribution in [-0.2, 0) is 13.1 Å². The molecule has 0 saturated heterocycles. The van der Waals surface area contributed by atoms with Crippen LogP contribution < -0.4 is 5.73 Å². The summed E-state index contributed by atoms with van der Waals surface area (Å²) in [5.41, 5.74) is 8.12. The minimum atomic E-state index is 0.626. The molecule has 0 radical (unpaired) electrons. The molecule has 1 rings (SSSR count). The standard InChI is InChI=1S/C13H22N2/c1-4-11(2)15(3)10-13-7-5-12(9-14)6-8-13/h5-8,11H,4,9-10,14H2,1-3H3. The number of hydrogen-bond acceptors (Lipinski definition) is 2. The van der Waals surface area contributed by atoms with Crippen molar-refractivity contribution in [1.29, 1.82) is 0 Å². The third-order valence-electron chi connectivity index (χ3n) is 3.03. The van der Waals surface area contributed by atoms with E-state index in [4.69, 9.17) is 5.73 Å². The lowest BCUT2D eigenvalue weighted by Gasteiger charge is -2.23. The van der Waals surface area contributed by atoms with Crippen LogP contribution in [0.1, 0.15) is 31.4 Å². The second-order valence-corrected chi connectivity index (χ2v) is 4.19. The molecular weight excluding hydrogens is 184 g/mol. The van der Waals surface area contributed by atoms with E-state index in [2.05, 4.69) is 50.1 Å². The van der Waals surface area contributed by atoms with Gasteiger partial charge < -0.3 is 5.73 Å². The molecule has 2 nitrogen and oxygen atoms in total. The van der Waals surface area contributed by atoms with E-state index in [0.29, 0.717) is 12.6 Å². The molecule has 2 N–H and O–H groups in total. The molecule has 0 spiro atoms. The summed E-state index contributed by atoms with van der Waals surface area (Å²) in [7, 11) is 2.17. The van der Waals surface area contributed by atoms with Crippen LogP contribution in [-0.4, -0.2) is 18.0 Å². The molecule has 0 bridgehead atoms. The first-order chi connectivity index (χ1) is 7.17. The van der Waals surface area contributed by atoms with Gasteiger partial charge in [0.05, 0.1) is 0 Å². The van der Waals surface area contributed by atoms with Gasteiger partial charge in [-0.05, 0) is 31.5 Å². The van der Waals surface area contributed by atoms with E-state index in [1.54, 1.807) is 0 Å². The summed E-state index contributed by atoms with van der Waals surface area (Å²) in [6, 6.07) is 9.20. The Kier molecular flexibility index (Phi) is 4.79. The molecule has 0 fully saturated rings. The lowest BCUT2D eigenvalue weighted by Crippen LogP contribution is -2.27. The van der Waals surface area contributed by atoms with Crippen molar-refractivity contribution in [2.45, 2.75) is 39.4 Å². The number of rotatable bonds is 5. The van der Waals surface area contributed by atoms with E-state index in [1.807, 2.05) is 0 Å². The van der Waals surface area contributed by atoms with Crippen molar-refractivity contribution in [2.24, 2.45) is 5.73 Å². The molecule has 0 saturated carbocycles. The maximum absolute atomic E-state index is 5.56. The second-order valence-electron chi connectivity index (χ2n) is 4.19. The highest BCUT2D eigenvalue weighted by atomic mass is 15.1. The molecule has 1 aromatic rings. The van der Waals surface area contributed by atoms with Crippen molar-refractivity contribution in [1.82, 2.24) is 4.90 Å². The van der Waals surface area contributed by atoms with Gasteiger partial charge in [-0.1, -0.05) is 31.2 Å². The first kappa shape index (κ1) is 12.2. The van der Waals surface area contributed by atoms with Crippen LogP contribution in [0, 0.1) is 0 Å². The topological polar surface area (TPSA) is 29.3 Å². The van der Waals surface area contributed by atoms with Crippen molar-refractivity contribution in [3.05, 3.63) is 35.4 Å². The molecule has 1 aromatic carbocycles. The fourth-order valence-corrected chi connectivity index (χ4v) is 1.54. The highest BCUT2D eigenvalue weighted by Crippen LogP contribution is 2.09. The van der Waals surface area contributed by atoms with Gasteiger partial charge in [0.25, 0.3) is 0 Å². The van der Waals surface area contributed by atoms with E-state index in [1.165, 1.54) is 17.5 Å². The van der Waals surface area contributed by atoms with E-state index >= 15 is 0 Å². The molecule has 0 amide bonds. The molecule has 1 unspecified atom stereocenters. The van der Waals surface area contributed by atoms with E-state index in [9.17, 15) is 0 Å². The molecule has 1 atom stereocenters. The maximum Gasteiger partial charge on any atom is 0.0233 e. The largest absolute Gasteiger partial charge is 0.326 e. The monoisotopic (exact) mass is 206 g/mol. The summed E-state index contributed by atoms with van der Waals surface area (Å²) in [6.07, 6.45) is 1.19. The van der Waals surface area contributed by atoms with Crippen LogP contribution >= 0.6 is 0 Å². The minimum absolute atomic E-state index is 0.626. The Hall–Kier alpha value is -0.860. The highest BCUT2D eigenvalue weighted by molar-refractivity contribution is 5.22. The van der Waals surface area contributed by atoms with Crippen LogP contribution in [0.4, 0.5) is 0 Å². The van der Waals surface area contributed by atoms with Crippen LogP contribution in [0.25, 0.3) is 0 Å². The van der Waals surface area contributed by atoms with Gasteiger partial charge in [-0.2, -0.15) is 0 Å². The average molecular weight is 206 g/mol. The predicted molar refractivity (Wildman–Crippen MR) is 65.6 cm³/mol. The number of hydrogen-bond donors (Lipinski definition) is 1. The smallest absolute Gasteiger partial charge is 0.0233 e. The molecule has 0 aromatic heterocycles. The molecule has 15 heavy (non-hydrogen) atoms. The van der Waals surface area contributed by atoms with Gasteiger partial charge in [-0.3, -0.25) is 4.90 Å². The summed E-state index contributed by atoms with van der Waals surface area (Å²) in [5, 5.41) is 0. The third-order valence-corrected chi connectivity index (χ3v) is 3.03. The first-order valence-corrected chi connectivity index (χ1v) is 5.65. The van der Waals surface area contributed by atoms with E-state index in [-0.39, 0.29) is 0 Å². The maximum atomic E-state index is 5.56. The van der Waals surface area contributed by atoms with Crippen LogP contribution in [0.3, 0.4) is 0 Å². The Morgan fingerprint density at radius 2 is 1.73 bits per heavy atom. The lowest BCUT2D eigenvalue weighted by atomic mass is 10.1. The van der Waals surface area contributed by atoms with E-state index < -0.39 is 0 Å². The van der Waals surface area contributed by atoms with Crippen molar-refractivity contribution in [3.63, 3.8) is 0 Å². The van der Waals surface area contributed by atoms with Crippen molar-refractivity contribution < 1.29 is 0 Å². The van der Waals surface area contributed by atoms with Crippen molar-refractivity contribution >= 4 is 0 Å². The summed E-state index contributed by atoms with van der Waals surface area (Å²) >= 11 is 0. The molecule has 84 valence electrons. The normalized spacial score (nSPS) is 13.1. The highest BCUT2D eigenvalue weighted by Gasteiger charge is 2.06. The van der Waals surface area contributed by atoms with Crippen molar-refractivity contribution in [3.8, 4) is 0 Å². The zero-order valence-electron chi connectivity index (χ0n) is 10.0. The molecular formula is C13H22N2. The first-order valence-electron chi connectivity index (χ1n) is 5.65. The third kappa shape index (κ3) is 3.65. The lowest BCUT2D eigenvalue weighted by molar-refractivity contribution is 0.244. The van der Waals surface area contributed by atoms with Gasteiger partial charge in [0.1, 0.15) is 0 Å². The van der Waals surface area contributed by atoms with Gasteiger partial charge >= 0.3 is 0 Å². The SMILES string of the molecule is CCC(C)N(C)Cc1ccc(CN)cc1. The fourth-order valence-electron chi connectivity index (χ4n) is 1.54. The Labute approximate surface area is 93.1 Å². The Balaban J connectivity index is 2.57. The zero-order chi connectivity index (χ0) is 11.3. The number of nitrogens with zero attached hydrogens (tertiary/aromatic N) is 1. The summed E-state index contributed by atoms with van der Waals surface area (Å²) < 4.78 is 0. The molecule has 0 heterocycles. The van der Waals surface area contributed by atoms with Gasteiger partial charge in [-0.15, -0.1) is 0 Å². The summed E-state index contributed by atoms with van der Waals surface area (Å²) in [4.78, 5) is 2.37. The average Bonchev–Trinajstić information content (AvgIpc) is 2.29. The Morgan fingerprint density at radius 1 is 1.20 bits per heavy atom. The van der Waals surface area contributed by atoms with Gasteiger partial charge in [0, 0.05) is 19.1 Å². The Morgan fingerprint density at radius 3 is 2.20 bits per heavy atom. The molecule has 0 aliphatic rings. The van der Waals surface area contributed by atoms with Gasteiger partial charge in [0.2, 0.25) is 0 Å². The second kappa shape index (κ2) is 5.89. The fraction of sp³-hybridized carbons (Fsp3) is 0.538. The van der Waals surface area contributed by atoms with Gasteiger partial charge in [0.15, 0.2) is 0 Å². The van der Waals surface area contributed by atoms with Crippen molar-refractivity contribution in [2.75, 3.05) is 7.05 Å². The Bertz CT molecular complexity index is 279. The molecule has 2 heteroatoms. The summed E-state index contributed by atoms with van der Waals surface area (Å²) in [5.74, 6) is 0. The molecule has 0 aliphatic carbocycles. The van der Waals surface area contributed by atoms with Crippen LogP contribution in [0.5, 0.6) is 0 Å². The quantitative estimate of drug-likeness (QED) is 0.801. The van der Waals surface area contributed by atoms with Crippen LogP contribution in [0.15, 0.2) is 24.3 Å².